The molecule has 0 saturated heterocycles. The molecule has 0 aromatic heterocycles. The van der Waals surface area contributed by atoms with Gasteiger partial charge in [-0.2, -0.15) is 0 Å². The number of hydrogen-bond acceptors (Lipinski definition) is 4. The monoisotopic (exact) mass is 218 g/mol. The van der Waals surface area contributed by atoms with Gasteiger partial charge in [-0.3, -0.25) is 4.79 Å². The molecule has 0 heterocycles. The Hall–Kier alpha value is -0.650. The first-order valence-corrected chi connectivity index (χ1v) is 5.22. The highest BCUT2D eigenvalue weighted by Crippen LogP contribution is 1.90. The van der Waals surface area contributed by atoms with E-state index in [9.17, 15) is 4.79 Å². The van der Waals surface area contributed by atoms with Crippen molar-refractivity contribution >= 4 is 5.91 Å². The second-order valence-corrected chi connectivity index (χ2v) is 3.63. The van der Waals surface area contributed by atoms with E-state index < -0.39 is 0 Å². The van der Waals surface area contributed by atoms with Crippen LogP contribution in [0.5, 0.6) is 0 Å². The summed E-state index contributed by atoms with van der Waals surface area (Å²) in [7, 11) is 1.59. The van der Waals surface area contributed by atoms with Gasteiger partial charge in [-0.1, -0.05) is 13.8 Å². The fourth-order valence-corrected chi connectivity index (χ4v) is 1.09. The zero-order chi connectivity index (χ0) is 11.7. The lowest BCUT2D eigenvalue weighted by molar-refractivity contribution is -0.131. The SMILES string of the molecule is COCCN(CCO)C(=O)CNC(C)C. The van der Waals surface area contributed by atoms with Crippen molar-refractivity contribution in [2.75, 3.05) is 40.0 Å². The number of nitrogens with one attached hydrogen (secondary N) is 1. The van der Waals surface area contributed by atoms with Gasteiger partial charge in [0.25, 0.3) is 0 Å². The van der Waals surface area contributed by atoms with E-state index in [1.807, 2.05) is 13.8 Å². The lowest BCUT2D eigenvalue weighted by Crippen LogP contribution is -2.42. The molecule has 90 valence electrons. The first-order valence-electron chi connectivity index (χ1n) is 5.22. The summed E-state index contributed by atoms with van der Waals surface area (Å²) >= 11 is 0. The van der Waals surface area contributed by atoms with Crippen LogP contribution in [0.15, 0.2) is 0 Å². The molecule has 0 fully saturated rings. The number of carbonyl (C=O) groups excluding carboxylic acids is 1. The summed E-state index contributed by atoms with van der Waals surface area (Å²) < 4.78 is 4.90. The predicted octanol–water partition coefficient (Wildman–Crippen LogP) is -0.548. The third-order valence-electron chi connectivity index (χ3n) is 1.95. The van der Waals surface area contributed by atoms with Gasteiger partial charge in [-0.05, 0) is 0 Å². The average molecular weight is 218 g/mol. The van der Waals surface area contributed by atoms with Crippen molar-refractivity contribution in [1.29, 1.82) is 0 Å². The van der Waals surface area contributed by atoms with Crippen LogP contribution >= 0.6 is 0 Å². The van der Waals surface area contributed by atoms with Crippen molar-refractivity contribution in [3.8, 4) is 0 Å². The van der Waals surface area contributed by atoms with E-state index in [0.29, 0.717) is 26.2 Å². The number of methoxy groups -OCH3 is 1. The van der Waals surface area contributed by atoms with Crippen LogP contribution in [0, 0.1) is 0 Å². The minimum Gasteiger partial charge on any atom is -0.395 e. The van der Waals surface area contributed by atoms with Gasteiger partial charge < -0.3 is 20.1 Å². The van der Waals surface area contributed by atoms with E-state index in [4.69, 9.17) is 9.84 Å². The minimum atomic E-state index is -0.0167. The Kier molecular flexibility index (Phi) is 8.27. The molecule has 0 bridgehead atoms. The van der Waals surface area contributed by atoms with Gasteiger partial charge in [-0.25, -0.2) is 0 Å². The largest absolute Gasteiger partial charge is 0.395 e. The molecule has 5 nitrogen and oxygen atoms in total. The molecule has 0 rings (SSSR count). The summed E-state index contributed by atoms with van der Waals surface area (Å²) in [5.41, 5.74) is 0. The highest BCUT2D eigenvalue weighted by Gasteiger charge is 2.12. The Bertz CT molecular complexity index is 174. The fourth-order valence-electron chi connectivity index (χ4n) is 1.09. The Morgan fingerprint density at radius 1 is 1.47 bits per heavy atom. The van der Waals surface area contributed by atoms with E-state index in [1.54, 1.807) is 12.0 Å². The third-order valence-corrected chi connectivity index (χ3v) is 1.95. The van der Waals surface area contributed by atoms with Gasteiger partial charge in [0.15, 0.2) is 0 Å². The first kappa shape index (κ1) is 14.3. The fraction of sp³-hybridized carbons (Fsp3) is 0.900. The molecule has 0 atom stereocenters. The Labute approximate surface area is 91.4 Å². The molecule has 2 N–H and O–H groups in total. The van der Waals surface area contributed by atoms with Crippen LogP contribution in [0.25, 0.3) is 0 Å². The van der Waals surface area contributed by atoms with E-state index >= 15 is 0 Å². The van der Waals surface area contributed by atoms with Crippen LogP contribution in [-0.2, 0) is 9.53 Å². The quantitative estimate of drug-likeness (QED) is 0.574. The summed E-state index contributed by atoms with van der Waals surface area (Å²) in [6.07, 6.45) is 0. The van der Waals surface area contributed by atoms with Crippen LogP contribution in [0.2, 0.25) is 0 Å². The van der Waals surface area contributed by atoms with Crippen molar-refractivity contribution in [3.05, 3.63) is 0 Å². The molecule has 0 aliphatic heterocycles. The maximum absolute atomic E-state index is 11.6. The summed E-state index contributed by atoms with van der Waals surface area (Å²) in [6, 6.07) is 0.285. The van der Waals surface area contributed by atoms with Gasteiger partial charge in [0, 0.05) is 26.2 Å². The average Bonchev–Trinajstić information content (AvgIpc) is 2.20. The molecule has 0 saturated carbocycles. The molecular formula is C10H22N2O3. The molecule has 0 spiro atoms. The third kappa shape index (κ3) is 7.30. The number of ether oxygens (including phenoxy) is 1. The van der Waals surface area contributed by atoms with Gasteiger partial charge in [0.1, 0.15) is 0 Å². The number of rotatable bonds is 8. The molecule has 0 aromatic carbocycles. The second-order valence-electron chi connectivity index (χ2n) is 3.63. The summed E-state index contributed by atoms with van der Waals surface area (Å²) in [6.45, 7) is 5.64. The van der Waals surface area contributed by atoms with E-state index in [2.05, 4.69) is 5.32 Å². The first-order chi connectivity index (χ1) is 7.11. The summed E-state index contributed by atoms with van der Waals surface area (Å²) in [5.74, 6) is -0.00481. The zero-order valence-corrected chi connectivity index (χ0v) is 9.82. The van der Waals surface area contributed by atoms with Gasteiger partial charge in [0.05, 0.1) is 19.8 Å². The van der Waals surface area contributed by atoms with Gasteiger partial charge >= 0.3 is 0 Å². The highest BCUT2D eigenvalue weighted by molar-refractivity contribution is 5.78. The van der Waals surface area contributed by atoms with E-state index in [1.165, 1.54) is 0 Å². The Morgan fingerprint density at radius 3 is 2.60 bits per heavy atom. The maximum atomic E-state index is 11.6. The van der Waals surface area contributed by atoms with Crippen molar-refractivity contribution in [2.45, 2.75) is 19.9 Å². The molecule has 0 aliphatic carbocycles. The zero-order valence-electron chi connectivity index (χ0n) is 9.82. The summed E-state index contributed by atoms with van der Waals surface area (Å²) in [4.78, 5) is 13.2. The van der Waals surface area contributed by atoms with Crippen molar-refractivity contribution < 1.29 is 14.6 Å². The number of aliphatic hydroxyl groups is 1. The molecule has 0 aliphatic rings. The van der Waals surface area contributed by atoms with Crippen molar-refractivity contribution in [3.63, 3.8) is 0 Å². The van der Waals surface area contributed by atoms with E-state index in [-0.39, 0.29) is 18.6 Å². The van der Waals surface area contributed by atoms with Crippen molar-refractivity contribution in [2.24, 2.45) is 0 Å². The minimum absolute atomic E-state index is 0.00481. The van der Waals surface area contributed by atoms with Crippen LogP contribution < -0.4 is 5.32 Å². The molecule has 15 heavy (non-hydrogen) atoms. The second kappa shape index (κ2) is 8.64. The number of nitrogens with zero attached hydrogens (tertiary/aromatic N) is 1. The Balaban J connectivity index is 3.92. The van der Waals surface area contributed by atoms with Crippen LogP contribution in [0.1, 0.15) is 13.8 Å². The van der Waals surface area contributed by atoms with Gasteiger partial charge in [-0.15, -0.1) is 0 Å². The number of aliphatic hydroxyl groups excluding tert-OH is 1. The van der Waals surface area contributed by atoms with Crippen LogP contribution in [0.4, 0.5) is 0 Å². The molecule has 5 heteroatoms. The highest BCUT2D eigenvalue weighted by atomic mass is 16.5. The maximum Gasteiger partial charge on any atom is 0.236 e. The Morgan fingerprint density at radius 2 is 2.13 bits per heavy atom. The van der Waals surface area contributed by atoms with E-state index in [0.717, 1.165) is 0 Å². The molecule has 0 unspecified atom stereocenters. The topological polar surface area (TPSA) is 61.8 Å². The number of amides is 1. The molecular weight excluding hydrogens is 196 g/mol. The smallest absolute Gasteiger partial charge is 0.236 e. The molecule has 0 aromatic rings. The van der Waals surface area contributed by atoms with Gasteiger partial charge in [0.2, 0.25) is 5.91 Å². The predicted molar refractivity (Wildman–Crippen MR) is 58.7 cm³/mol. The number of carbonyl (C=O) groups is 1. The van der Waals surface area contributed by atoms with Crippen LogP contribution in [-0.4, -0.2) is 61.9 Å². The lowest BCUT2D eigenvalue weighted by Gasteiger charge is -2.22. The summed E-state index contributed by atoms with van der Waals surface area (Å²) in [5, 5.41) is 11.9. The molecule has 0 radical (unpaired) electrons. The molecule has 1 amide bonds. The lowest BCUT2D eigenvalue weighted by atomic mass is 10.3. The standard InChI is InChI=1S/C10H22N2O3/c1-9(2)11-8-10(14)12(4-6-13)5-7-15-3/h9,11,13H,4-8H2,1-3H3. The van der Waals surface area contributed by atoms with Crippen molar-refractivity contribution in [1.82, 2.24) is 10.2 Å². The normalized spacial score (nSPS) is 10.7. The number of hydrogen-bond donors (Lipinski definition) is 2. The van der Waals surface area contributed by atoms with Crippen LogP contribution in [0.3, 0.4) is 0 Å².